The minimum atomic E-state index is -0.284. The lowest BCUT2D eigenvalue weighted by atomic mass is 9.88. The molecule has 7 heteroatoms. The molecule has 6 nitrogen and oxygen atoms in total. The van der Waals surface area contributed by atoms with Crippen molar-refractivity contribution in [2.45, 2.75) is 39.4 Å². The molecule has 2 aromatic rings. The number of amides is 1. The van der Waals surface area contributed by atoms with Gasteiger partial charge in [0.15, 0.2) is 0 Å². The molecule has 0 aliphatic carbocycles. The highest BCUT2D eigenvalue weighted by Crippen LogP contribution is 2.33. The van der Waals surface area contributed by atoms with Gasteiger partial charge in [0, 0.05) is 22.6 Å². The van der Waals surface area contributed by atoms with Crippen LogP contribution in [0.3, 0.4) is 0 Å². The van der Waals surface area contributed by atoms with Crippen LogP contribution in [0, 0.1) is 18.3 Å². The van der Waals surface area contributed by atoms with Crippen LogP contribution in [0.2, 0.25) is 5.02 Å². The predicted octanol–water partition coefficient (Wildman–Crippen LogP) is 3.15. The lowest BCUT2D eigenvalue weighted by Gasteiger charge is -2.34. The minimum absolute atomic E-state index is 0.0105. The van der Waals surface area contributed by atoms with Gasteiger partial charge >= 0.3 is 0 Å². The Morgan fingerprint density at radius 3 is 2.47 bits per heavy atom. The lowest BCUT2D eigenvalue weighted by molar-refractivity contribution is -0.376. The normalized spacial score (nSPS) is 18.0. The second-order valence-electron chi connectivity index (χ2n) is 8.55. The first-order valence-electron chi connectivity index (χ1n) is 10.2. The predicted molar refractivity (Wildman–Crippen MR) is 115 cm³/mol. The molecule has 3 heterocycles. The maximum absolute atomic E-state index is 12.8. The van der Waals surface area contributed by atoms with E-state index in [1.165, 1.54) is 0 Å². The van der Waals surface area contributed by atoms with Crippen LogP contribution in [0.4, 0.5) is 5.82 Å². The van der Waals surface area contributed by atoms with Gasteiger partial charge in [0.2, 0.25) is 0 Å². The summed E-state index contributed by atoms with van der Waals surface area (Å²) in [6.07, 6.45) is 0.711. The standard InChI is InChI=1S/C23H25ClN4O2/c1-15-20-14-30-23(2,3)12-18(20)19(13-25)21(26-15)27-8-10-28(11-9-27)22(29)16-4-6-17(24)7-5-16/h4-7H,8-12,14H2,1-3H3/p+1. The number of fused-ring (bicyclic) bond motifs is 1. The molecule has 1 fully saturated rings. The first-order chi connectivity index (χ1) is 14.3. The Labute approximate surface area is 182 Å². The number of nitrogens with zero attached hydrogens (tertiary/aromatic N) is 3. The molecule has 30 heavy (non-hydrogen) atoms. The Hall–Kier alpha value is -2.62. The van der Waals surface area contributed by atoms with Crippen molar-refractivity contribution in [3.05, 3.63) is 57.2 Å². The molecule has 2 aliphatic heterocycles. The van der Waals surface area contributed by atoms with Crippen molar-refractivity contribution in [2.75, 3.05) is 31.1 Å². The highest BCUT2D eigenvalue weighted by Gasteiger charge is 2.36. The second kappa shape index (κ2) is 7.90. The topological polar surface area (TPSA) is 70.7 Å². The maximum atomic E-state index is 12.8. The van der Waals surface area contributed by atoms with Crippen LogP contribution in [-0.2, 0) is 17.8 Å². The summed E-state index contributed by atoms with van der Waals surface area (Å²) in [4.78, 5) is 20.3. The summed E-state index contributed by atoms with van der Waals surface area (Å²) >= 11 is 5.93. The number of anilines is 1. The number of aromatic nitrogens is 1. The number of hydrogen-bond donors (Lipinski definition) is 0. The molecular weight excluding hydrogens is 400 g/mol. The van der Waals surface area contributed by atoms with Crippen LogP contribution in [-0.4, -0.2) is 42.6 Å². The first-order valence-corrected chi connectivity index (χ1v) is 10.6. The number of piperazine rings is 1. The van der Waals surface area contributed by atoms with Gasteiger partial charge in [0.1, 0.15) is 30.4 Å². The molecular formula is C23H26ClN4O2+. The smallest absolute Gasteiger partial charge is 0.293 e. The van der Waals surface area contributed by atoms with E-state index in [1.807, 2.05) is 11.8 Å². The van der Waals surface area contributed by atoms with Crippen molar-refractivity contribution < 1.29 is 14.5 Å². The summed E-state index contributed by atoms with van der Waals surface area (Å²) in [6, 6.07) is 9.42. The second-order valence-corrected chi connectivity index (χ2v) is 8.99. The van der Waals surface area contributed by atoms with Crippen LogP contribution >= 0.6 is 11.6 Å². The van der Waals surface area contributed by atoms with Crippen LogP contribution in [0.25, 0.3) is 0 Å². The molecule has 1 aromatic heterocycles. The molecule has 156 valence electrons. The van der Waals surface area contributed by atoms with Gasteiger partial charge in [-0.2, -0.15) is 5.26 Å². The minimum Gasteiger partial charge on any atom is -0.370 e. The van der Waals surface area contributed by atoms with Gasteiger partial charge in [-0.15, -0.1) is 0 Å². The number of nitriles is 1. The van der Waals surface area contributed by atoms with Crippen molar-refractivity contribution in [1.29, 1.82) is 5.26 Å². The summed E-state index contributed by atoms with van der Waals surface area (Å²) in [6.45, 7) is 9.21. The van der Waals surface area contributed by atoms with Crippen molar-refractivity contribution in [2.24, 2.45) is 0 Å². The van der Waals surface area contributed by atoms with E-state index >= 15 is 0 Å². The number of aryl methyl sites for hydroxylation is 1. The fourth-order valence-corrected chi connectivity index (χ4v) is 4.36. The van der Waals surface area contributed by atoms with E-state index in [9.17, 15) is 10.1 Å². The highest BCUT2D eigenvalue weighted by atomic mass is 35.5. The average molecular weight is 426 g/mol. The van der Waals surface area contributed by atoms with E-state index in [0.29, 0.717) is 55.4 Å². The van der Waals surface area contributed by atoms with Gasteiger partial charge in [0.05, 0.1) is 25.3 Å². The number of ether oxygens (including phenoxy) is 1. The van der Waals surface area contributed by atoms with Crippen LogP contribution in [0.1, 0.15) is 46.6 Å². The Kier molecular flexibility index (Phi) is 5.44. The van der Waals surface area contributed by atoms with E-state index in [0.717, 1.165) is 22.6 Å². The third-order valence-electron chi connectivity index (χ3n) is 5.96. The Morgan fingerprint density at radius 1 is 1.17 bits per heavy atom. The number of halogens is 1. The van der Waals surface area contributed by atoms with Gasteiger partial charge in [-0.3, -0.25) is 9.69 Å². The number of pyridine rings is 1. The van der Waals surface area contributed by atoms with Crippen molar-refractivity contribution >= 4 is 23.3 Å². The third-order valence-corrected chi connectivity index (χ3v) is 6.21. The van der Waals surface area contributed by atoms with Crippen molar-refractivity contribution in [3.63, 3.8) is 0 Å². The van der Waals surface area contributed by atoms with Gasteiger partial charge in [-0.1, -0.05) is 11.6 Å². The Balaban J connectivity index is 1.55. The zero-order valence-corrected chi connectivity index (χ0v) is 18.3. The molecule has 0 radical (unpaired) electrons. The molecule has 0 bridgehead atoms. The lowest BCUT2D eigenvalue weighted by Crippen LogP contribution is -2.50. The number of rotatable bonds is 2. The molecule has 0 unspecified atom stereocenters. The fraction of sp³-hybridized carbons (Fsp3) is 0.435. The summed E-state index contributed by atoms with van der Waals surface area (Å²) in [5.74, 6) is 0.862. The quantitative estimate of drug-likeness (QED) is 0.741. The first kappa shape index (κ1) is 20.6. The third kappa shape index (κ3) is 3.88. The van der Waals surface area contributed by atoms with Gasteiger partial charge in [-0.25, -0.2) is 4.98 Å². The maximum Gasteiger partial charge on any atom is 0.293 e. The number of benzene rings is 1. The molecule has 1 aromatic carbocycles. The average Bonchev–Trinajstić information content (AvgIpc) is 2.73. The summed E-state index contributed by atoms with van der Waals surface area (Å²) in [7, 11) is 0. The zero-order chi connectivity index (χ0) is 21.5. The molecule has 0 atom stereocenters. The van der Waals surface area contributed by atoms with E-state index < -0.39 is 0 Å². The number of H-pyrrole nitrogens is 1. The highest BCUT2D eigenvalue weighted by molar-refractivity contribution is 6.30. The number of hydrogen-bond acceptors (Lipinski definition) is 4. The number of aromatic amines is 1. The van der Waals surface area contributed by atoms with Crippen molar-refractivity contribution in [3.8, 4) is 6.07 Å². The van der Waals surface area contributed by atoms with Gasteiger partial charge in [-0.05, 0) is 50.6 Å². The van der Waals surface area contributed by atoms with E-state index in [-0.39, 0.29) is 11.5 Å². The molecule has 0 saturated carbocycles. The van der Waals surface area contributed by atoms with Crippen LogP contribution < -0.4 is 9.88 Å². The molecule has 1 saturated heterocycles. The van der Waals surface area contributed by atoms with Crippen molar-refractivity contribution in [1.82, 2.24) is 4.90 Å². The fourth-order valence-electron chi connectivity index (χ4n) is 4.24. The van der Waals surface area contributed by atoms with E-state index in [4.69, 9.17) is 16.3 Å². The molecule has 4 rings (SSSR count). The molecule has 2 aliphatic rings. The number of carbonyl (C=O) groups is 1. The van der Waals surface area contributed by atoms with Crippen LogP contribution in [0.5, 0.6) is 0 Å². The van der Waals surface area contributed by atoms with Gasteiger partial charge in [0.25, 0.3) is 11.7 Å². The Morgan fingerprint density at radius 2 is 1.83 bits per heavy atom. The number of carbonyl (C=O) groups excluding carboxylic acids is 1. The Bertz CT molecular complexity index is 1020. The summed E-state index contributed by atoms with van der Waals surface area (Å²) in [5, 5.41) is 10.6. The van der Waals surface area contributed by atoms with Gasteiger partial charge < -0.3 is 9.64 Å². The SMILES string of the molecule is Cc1[nH+]c(N2CCN(C(=O)c3ccc(Cl)cc3)CC2)c(C#N)c2c1COC(C)(C)C2. The molecule has 0 spiro atoms. The molecule has 1 amide bonds. The summed E-state index contributed by atoms with van der Waals surface area (Å²) < 4.78 is 5.95. The van der Waals surface area contributed by atoms with E-state index in [1.54, 1.807) is 24.3 Å². The zero-order valence-electron chi connectivity index (χ0n) is 17.6. The number of nitrogens with one attached hydrogen (secondary N) is 1. The summed E-state index contributed by atoms with van der Waals surface area (Å²) in [5.41, 5.74) is 4.27. The van der Waals surface area contributed by atoms with E-state index in [2.05, 4.69) is 29.8 Å². The monoisotopic (exact) mass is 425 g/mol. The van der Waals surface area contributed by atoms with Crippen LogP contribution in [0.15, 0.2) is 24.3 Å². The molecule has 1 N–H and O–H groups in total. The largest absolute Gasteiger partial charge is 0.370 e.